The molecule has 3 aromatic rings. The largest absolute Gasteiger partial charge is 0.419 e. The summed E-state index contributed by atoms with van der Waals surface area (Å²) >= 11 is 0. The summed E-state index contributed by atoms with van der Waals surface area (Å²) in [7, 11) is 0. The first kappa shape index (κ1) is 16.1. The van der Waals surface area contributed by atoms with Gasteiger partial charge in [0, 0.05) is 19.5 Å². The van der Waals surface area contributed by atoms with Crippen LogP contribution in [0.1, 0.15) is 24.0 Å². The number of fused-ring (bicyclic) bond motifs is 1. The fourth-order valence-electron chi connectivity index (χ4n) is 2.71. The topological polar surface area (TPSA) is 64.2 Å². The molecule has 5 heteroatoms. The van der Waals surface area contributed by atoms with Gasteiger partial charge < -0.3 is 9.73 Å². The Morgan fingerprint density at radius 1 is 1.12 bits per heavy atom. The summed E-state index contributed by atoms with van der Waals surface area (Å²) in [6, 6.07) is 15.3. The summed E-state index contributed by atoms with van der Waals surface area (Å²) < 4.78 is 6.76. The summed E-state index contributed by atoms with van der Waals surface area (Å²) in [6.45, 7) is 3.02. The first-order valence-electron chi connectivity index (χ1n) is 8.05. The highest BCUT2D eigenvalue weighted by atomic mass is 16.4. The molecule has 0 aliphatic carbocycles. The highest BCUT2D eigenvalue weighted by Crippen LogP contribution is 2.12. The lowest BCUT2D eigenvalue weighted by atomic mass is 10.1. The molecule has 2 aromatic carbocycles. The van der Waals surface area contributed by atoms with Crippen LogP contribution >= 0.6 is 0 Å². The Hall–Kier alpha value is -2.82. The van der Waals surface area contributed by atoms with E-state index in [0.29, 0.717) is 31.5 Å². The smallest absolute Gasteiger partial charge is 0.408 e. The first-order valence-corrected chi connectivity index (χ1v) is 8.05. The van der Waals surface area contributed by atoms with Crippen LogP contribution in [0.3, 0.4) is 0 Å². The maximum atomic E-state index is 12.0. The van der Waals surface area contributed by atoms with Crippen molar-refractivity contribution in [1.29, 1.82) is 0 Å². The van der Waals surface area contributed by atoms with E-state index in [4.69, 9.17) is 4.42 Å². The molecular weight excluding hydrogens is 304 g/mol. The minimum absolute atomic E-state index is 0.0147. The Morgan fingerprint density at radius 2 is 1.88 bits per heavy atom. The van der Waals surface area contributed by atoms with E-state index >= 15 is 0 Å². The summed E-state index contributed by atoms with van der Waals surface area (Å²) in [5.74, 6) is -0.393. The first-order chi connectivity index (χ1) is 11.6. The Kier molecular flexibility index (Phi) is 4.79. The number of carbonyl (C=O) groups is 1. The number of amides is 1. The third-order valence-electron chi connectivity index (χ3n) is 4.10. The number of para-hydroxylation sites is 2. The van der Waals surface area contributed by atoms with Crippen molar-refractivity contribution in [2.24, 2.45) is 0 Å². The molecule has 0 aliphatic heterocycles. The molecule has 1 heterocycles. The zero-order valence-corrected chi connectivity index (χ0v) is 13.6. The van der Waals surface area contributed by atoms with Crippen LogP contribution in [0.25, 0.3) is 11.1 Å². The molecule has 0 saturated carbocycles. The van der Waals surface area contributed by atoms with Gasteiger partial charge in [0.2, 0.25) is 5.91 Å². The lowest BCUT2D eigenvalue weighted by Gasteiger charge is -2.08. The van der Waals surface area contributed by atoms with E-state index in [1.165, 1.54) is 0 Å². The molecule has 0 spiro atoms. The number of carbonyl (C=O) groups excluding carboxylic acids is 1. The quantitative estimate of drug-likeness (QED) is 0.758. The molecule has 0 aliphatic rings. The number of hydrogen-bond acceptors (Lipinski definition) is 3. The second-order valence-corrected chi connectivity index (χ2v) is 5.79. The van der Waals surface area contributed by atoms with Gasteiger partial charge in [-0.1, -0.05) is 36.4 Å². The molecule has 5 nitrogen and oxygen atoms in total. The van der Waals surface area contributed by atoms with E-state index in [0.717, 1.165) is 16.6 Å². The van der Waals surface area contributed by atoms with Crippen molar-refractivity contribution < 1.29 is 9.21 Å². The predicted octanol–water partition coefficient (Wildman–Crippen LogP) is 3.00. The number of aromatic nitrogens is 1. The Labute approximate surface area is 139 Å². The van der Waals surface area contributed by atoms with Crippen LogP contribution in [0.2, 0.25) is 0 Å². The van der Waals surface area contributed by atoms with Crippen molar-refractivity contribution in [3.8, 4) is 0 Å². The molecule has 1 aromatic heterocycles. The maximum Gasteiger partial charge on any atom is 0.419 e. The standard InChI is InChI=1S/C19H20N2O3/c1-14-7-2-3-8-15(14)13-20-18(22)11-6-12-21-16-9-4-5-10-17(16)24-19(21)23/h2-5,7-10H,6,11-13H2,1H3,(H,20,22). The van der Waals surface area contributed by atoms with Crippen molar-refractivity contribution in [3.63, 3.8) is 0 Å². The highest BCUT2D eigenvalue weighted by molar-refractivity contribution is 5.76. The van der Waals surface area contributed by atoms with Gasteiger partial charge in [-0.25, -0.2) is 4.79 Å². The zero-order chi connectivity index (χ0) is 16.9. The lowest BCUT2D eigenvalue weighted by molar-refractivity contribution is -0.121. The summed E-state index contributed by atoms with van der Waals surface area (Å²) in [5, 5.41) is 2.92. The van der Waals surface area contributed by atoms with Gasteiger partial charge in [-0.15, -0.1) is 0 Å². The van der Waals surface area contributed by atoms with Gasteiger partial charge in [-0.3, -0.25) is 9.36 Å². The number of hydrogen-bond donors (Lipinski definition) is 1. The molecule has 3 rings (SSSR count). The second kappa shape index (κ2) is 7.17. The molecule has 1 N–H and O–H groups in total. The zero-order valence-electron chi connectivity index (χ0n) is 13.6. The fraction of sp³-hybridized carbons (Fsp3) is 0.263. The van der Waals surface area contributed by atoms with E-state index in [1.54, 1.807) is 10.6 Å². The number of benzene rings is 2. The average molecular weight is 324 g/mol. The predicted molar refractivity (Wildman–Crippen MR) is 92.7 cm³/mol. The van der Waals surface area contributed by atoms with Crippen LogP contribution in [0.4, 0.5) is 0 Å². The molecule has 0 radical (unpaired) electrons. The normalized spacial score (nSPS) is 10.9. The van der Waals surface area contributed by atoms with Crippen LogP contribution in [0.15, 0.2) is 57.7 Å². The number of aryl methyl sites for hydroxylation is 2. The molecule has 0 saturated heterocycles. The third-order valence-corrected chi connectivity index (χ3v) is 4.10. The highest BCUT2D eigenvalue weighted by Gasteiger charge is 2.09. The molecular formula is C19H20N2O3. The number of oxazole rings is 1. The fourth-order valence-corrected chi connectivity index (χ4v) is 2.71. The minimum Gasteiger partial charge on any atom is -0.408 e. The Morgan fingerprint density at radius 3 is 2.71 bits per heavy atom. The van der Waals surface area contributed by atoms with E-state index < -0.39 is 0 Å². The van der Waals surface area contributed by atoms with Gasteiger partial charge in [-0.05, 0) is 36.6 Å². The van der Waals surface area contributed by atoms with E-state index in [-0.39, 0.29) is 11.7 Å². The van der Waals surface area contributed by atoms with Crippen LogP contribution in [-0.4, -0.2) is 10.5 Å². The Bertz CT molecular complexity index is 908. The van der Waals surface area contributed by atoms with Crippen molar-refractivity contribution in [1.82, 2.24) is 9.88 Å². The van der Waals surface area contributed by atoms with Crippen LogP contribution in [-0.2, 0) is 17.9 Å². The SMILES string of the molecule is Cc1ccccc1CNC(=O)CCCn1c(=O)oc2ccccc21. The van der Waals surface area contributed by atoms with Crippen LogP contribution in [0.5, 0.6) is 0 Å². The van der Waals surface area contributed by atoms with Gasteiger partial charge in [0.15, 0.2) is 5.58 Å². The molecule has 124 valence electrons. The molecule has 1 amide bonds. The van der Waals surface area contributed by atoms with Gasteiger partial charge >= 0.3 is 5.76 Å². The summed E-state index contributed by atoms with van der Waals surface area (Å²) in [5.41, 5.74) is 3.62. The van der Waals surface area contributed by atoms with Crippen molar-refractivity contribution in [2.45, 2.75) is 32.9 Å². The van der Waals surface area contributed by atoms with Gasteiger partial charge in [-0.2, -0.15) is 0 Å². The van der Waals surface area contributed by atoms with Crippen molar-refractivity contribution >= 4 is 17.0 Å². The molecule has 0 unspecified atom stereocenters. The van der Waals surface area contributed by atoms with Gasteiger partial charge in [0.1, 0.15) is 0 Å². The summed E-state index contributed by atoms with van der Waals surface area (Å²) in [4.78, 5) is 23.8. The van der Waals surface area contributed by atoms with Gasteiger partial charge in [0.05, 0.1) is 5.52 Å². The maximum absolute atomic E-state index is 12.0. The van der Waals surface area contributed by atoms with Crippen molar-refractivity contribution in [3.05, 3.63) is 70.2 Å². The Balaban J connectivity index is 1.52. The molecule has 0 fully saturated rings. The van der Waals surface area contributed by atoms with Gasteiger partial charge in [0.25, 0.3) is 0 Å². The van der Waals surface area contributed by atoms with E-state index in [9.17, 15) is 9.59 Å². The van der Waals surface area contributed by atoms with E-state index in [2.05, 4.69) is 5.32 Å². The van der Waals surface area contributed by atoms with E-state index in [1.807, 2.05) is 49.4 Å². The number of nitrogens with one attached hydrogen (secondary N) is 1. The summed E-state index contributed by atoms with van der Waals surface area (Å²) in [6.07, 6.45) is 0.959. The molecule has 0 atom stereocenters. The monoisotopic (exact) mass is 324 g/mol. The molecule has 24 heavy (non-hydrogen) atoms. The van der Waals surface area contributed by atoms with Crippen LogP contribution < -0.4 is 11.1 Å². The molecule has 0 bridgehead atoms. The van der Waals surface area contributed by atoms with Crippen LogP contribution in [0, 0.1) is 6.92 Å². The lowest BCUT2D eigenvalue weighted by Crippen LogP contribution is -2.24. The second-order valence-electron chi connectivity index (χ2n) is 5.79. The average Bonchev–Trinajstić information content (AvgIpc) is 2.90. The minimum atomic E-state index is -0.378. The number of nitrogens with zero attached hydrogens (tertiary/aromatic N) is 1. The van der Waals surface area contributed by atoms with Crippen molar-refractivity contribution in [2.75, 3.05) is 0 Å². The number of rotatable bonds is 6. The third kappa shape index (κ3) is 3.56.